The first-order chi connectivity index (χ1) is 14.3. The third-order valence-corrected chi connectivity index (χ3v) is 9.71. The van der Waals surface area contributed by atoms with Crippen molar-refractivity contribution in [2.75, 3.05) is 0 Å². The van der Waals surface area contributed by atoms with Crippen molar-refractivity contribution in [3.8, 4) is 6.07 Å². The number of hydrogen-bond acceptors (Lipinski definition) is 4. The Balaban J connectivity index is 1.30. The van der Waals surface area contributed by atoms with Crippen molar-refractivity contribution in [2.45, 2.75) is 83.8 Å². The molecule has 1 N–H and O–H groups in total. The fraction of sp³-hybridized carbons (Fsp3) is 0.800. The van der Waals surface area contributed by atoms with Crippen molar-refractivity contribution in [1.82, 2.24) is 9.78 Å². The van der Waals surface area contributed by atoms with Gasteiger partial charge in [-0.15, -0.1) is 0 Å². The molecule has 30 heavy (non-hydrogen) atoms. The van der Waals surface area contributed by atoms with E-state index >= 15 is 0 Å². The van der Waals surface area contributed by atoms with Crippen molar-refractivity contribution in [1.29, 1.82) is 5.26 Å². The van der Waals surface area contributed by atoms with Crippen LogP contribution in [0.1, 0.15) is 77.2 Å². The maximum atomic E-state index is 13.3. The summed E-state index contributed by atoms with van der Waals surface area (Å²) in [6.07, 6.45) is 13.5. The number of aromatic nitrogens is 2. The number of nitriles is 1. The minimum Gasteiger partial charge on any atom is -0.390 e. The summed E-state index contributed by atoms with van der Waals surface area (Å²) in [7, 11) is 0. The Morgan fingerprint density at radius 1 is 1.17 bits per heavy atom. The largest absolute Gasteiger partial charge is 0.390 e. The van der Waals surface area contributed by atoms with Crippen molar-refractivity contribution in [2.24, 2.45) is 40.9 Å². The van der Waals surface area contributed by atoms with Gasteiger partial charge in [0.1, 0.15) is 6.07 Å². The monoisotopic (exact) mass is 409 g/mol. The van der Waals surface area contributed by atoms with Crippen LogP contribution in [0.15, 0.2) is 12.4 Å². The molecule has 5 rings (SSSR count). The van der Waals surface area contributed by atoms with Crippen LogP contribution >= 0.6 is 0 Å². The van der Waals surface area contributed by atoms with Crippen molar-refractivity contribution in [3.63, 3.8) is 0 Å². The lowest BCUT2D eigenvalue weighted by Crippen LogP contribution is -2.51. The molecule has 0 bridgehead atoms. The van der Waals surface area contributed by atoms with Gasteiger partial charge in [0.15, 0.2) is 5.78 Å². The van der Waals surface area contributed by atoms with Crippen LogP contribution in [0.4, 0.5) is 0 Å². The van der Waals surface area contributed by atoms with Crippen LogP contribution in [0.3, 0.4) is 0 Å². The molecule has 5 nitrogen and oxygen atoms in total. The van der Waals surface area contributed by atoms with Gasteiger partial charge in [-0.05, 0) is 99.7 Å². The highest BCUT2D eigenvalue weighted by Crippen LogP contribution is 2.64. The molecule has 8 atom stereocenters. The predicted molar refractivity (Wildman–Crippen MR) is 113 cm³/mol. The Morgan fingerprint density at radius 3 is 2.73 bits per heavy atom. The summed E-state index contributed by atoms with van der Waals surface area (Å²) in [5.74, 6) is 4.15. The van der Waals surface area contributed by atoms with Gasteiger partial charge in [-0.3, -0.25) is 9.48 Å². The second-order valence-electron chi connectivity index (χ2n) is 11.4. The van der Waals surface area contributed by atoms with Crippen LogP contribution in [0, 0.1) is 52.3 Å². The Bertz CT molecular complexity index is 868. The molecule has 0 aliphatic heterocycles. The van der Waals surface area contributed by atoms with Crippen molar-refractivity contribution < 1.29 is 9.90 Å². The molecule has 1 heterocycles. The van der Waals surface area contributed by atoms with Gasteiger partial charge < -0.3 is 5.11 Å². The molecule has 0 spiro atoms. The maximum Gasteiger partial charge on any atom is 0.157 e. The second kappa shape index (κ2) is 7.19. The molecule has 0 radical (unpaired) electrons. The third-order valence-electron chi connectivity index (χ3n) is 9.71. The number of nitrogens with zero attached hydrogens (tertiary/aromatic N) is 3. The molecule has 1 aromatic rings. The molecule has 1 aromatic heterocycles. The first-order valence-electron chi connectivity index (χ1n) is 12.0. The first kappa shape index (κ1) is 20.2. The van der Waals surface area contributed by atoms with E-state index in [0.29, 0.717) is 29.7 Å². The average molecular weight is 410 g/mol. The molecule has 5 heteroatoms. The number of ketones is 1. The number of rotatable bonds is 3. The molecule has 0 aromatic carbocycles. The van der Waals surface area contributed by atoms with Crippen molar-refractivity contribution in [3.05, 3.63) is 18.0 Å². The summed E-state index contributed by atoms with van der Waals surface area (Å²) in [6.45, 7) is 4.72. The number of Topliss-reactive ketones (excluding diaryl/α,β-unsaturated/α-hetero) is 1. The van der Waals surface area contributed by atoms with Gasteiger partial charge in [0.05, 0.1) is 23.9 Å². The van der Waals surface area contributed by atoms with E-state index in [-0.39, 0.29) is 11.3 Å². The van der Waals surface area contributed by atoms with Gasteiger partial charge in [0.25, 0.3) is 0 Å². The lowest BCUT2D eigenvalue weighted by Gasteiger charge is -2.56. The highest BCUT2D eigenvalue weighted by molar-refractivity contribution is 5.82. The Morgan fingerprint density at radius 2 is 1.97 bits per heavy atom. The van der Waals surface area contributed by atoms with Gasteiger partial charge in [0.2, 0.25) is 0 Å². The number of fused-ring (bicyclic) bond motifs is 5. The van der Waals surface area contributed by atoms with Crippen molar-refractivity contribution >= 4 is 5.78 Å². The van der Waals surface area contributed by atoms with Crippen LogP contribution in [0.2, 0.25) is 0 Å². The van der Waals surface area contributed by atoms with E-state index in [0.717, 1.165) is 43.4 Å². The van der Waals surface area contributed by atoms with Crippen LogP contribution in [-0.4, -0.2) is 26.3 Å². The fourth-order valence-corrected chi connectivity index (χ4v) is 8.39. The van der Waals surface area contributed by atoms with Crippen LogP contribution in [0.25, 0.3) is 0 Å². The van der Waals surface area contributed by atoms with Gasteiger partial charge in [-0.2, -0.15) is 10.4 Å². The smallest absolute Gasteiger partial charge is 0.157 e. The molecule has 4 aliphatic rings. The lowest BCUT2D eigenvalue weighted by molar-refractivity contribution is -0.133. The summed E-state index contributed by atoms with van der Waals surface area (Å²) in [5.41, 5.74) is 0.179. The van der Waals surface area contributed by atoms with Crippen LogP contribution in [0.5, 0.6) is 0 Å². The van der Waals surface area contributed by atoms with Gasteiger partial charge >= 0.3 is 0 Å². The minimum absolute atomic E-state index is 0.121. The summed E-state index contributed by atoms with van der Waals surface area (Å²) in [6, 6.07) is 2.09. The number of carbonyl (C=O) groups is 1. The Kier molecular flexibility index (Phi) is 4.85. The topological polar surface area (TPSA) is 78.9 Å². The van der Waals surface area contributed by atoms with E-state index < -0.39 is 5.60 Å². The Hall–Kier alpha value is -1.67. The SMILES string of the molecule is C[C@@]1(O)CC[C@H]2[C@@H](CC[C@@H]3[C@@H]2CC[C@]2(C)[C@@H](C(=O)Cn4cc(C#N)cn4)CC[C@@H]32)C1. The fourth-order valence-electron chi connectivity index (χ4n) is 8.39. The summed E-state index contributed by atoms with van der Waals surface area (Å²) in [4.78, 5) is 13.3. The Labute approximate surface area is 179 Å². The molecule has 162 valence electrons. The van der Waals surface area contributed by atoms with E-state index in [2.05, 4.69) is 18.1 Å². The zero-order valence-corrected chi connectivity index (χ0v) is 18.4. The summed E-state index contributed by atoms with van der Waals surface area (Å²) < 4.78 is 1.64. The van der Waals surface area contributed by atoms with E-state index in [1.165, 1.54) is 38.3 Å². The van der Waals surface area contributed by atoms with Gasteiger partial charge in [-0.25, -0.2) is 0 Å². The molecule has 0 amide bonds. The van der Waals surface area contributed by atoms with Crippen LogP contribution < -0.4 is 0 Å². The molecule has 4 fully saturated rings. The molecule has 0 unspecified atom stereocenters. The molecular weight excluding hydrogens is 374 g/mol. The lowest BCUT2D eigenvalue weighted by atomic mass is 9.49. The zero-order chi connectivity index (χ0) is 21.1. The highest BCUT2D eigenvalue weighted by atomic mass is 16.3. The highest BCUT2D eigenvalue weighted by Gasteiger charge is 2.58. The van der Waals surface area contributed by atoms with Crippen LogP contribution in [-0.2, 0) is 11.3 Å². The van der Waals surface area contributed by atoms with Gasteiger partial charge in [0, 0.05) is 12.1 Å². The number of carbonyl (C=O) groups excluding carboxylic acids is 1. The summed E-state index contributed by atoms with van der Waals surface area (Å²) >= 11 is 0. The second-order valence-corrected chi connectivity index (χ2v) is 11.4. The molecular formula is C25H35N3O2. The predicted octanol–water partition coefficient (Wildman–Crippen LogP) is 4.34. The zero-order valence-electron chi connectivity index (χ0n) is 18.4. The molecule has 4 aliphatic carbocycles. The number of hydrogen-bond donors (Lipinski definition) is 1. The third kappa shape index (κ3) is 3.23. The minimum atomic E-state index is -0.458. The van der Waals surface area contributed by atoms with Gasteiger partial charge in [-0.1, -0.05) is 6.92 Å². The standard InChI is InChI=1S/C25H35N3O2/c1-24(30)9-7-18-17(11-24)3-4-20-19(18)8-10-25(2)21(20)5-6-22(25)23(29)15-28-14-16(12-26)13-27-28/h13-14,17-22,30H,3-11,15H2,1-2H3/t17-,18-,19+,20+,21-,22+,24+,25-/m0/s1. The number of aliphatic hydroxyl groups is 1. The summed E-state index contributed by atoms with van der Waals surface area (Å²) in [5, 5.41) is 23.8. The first-order valence-corrected chi connectivity index (χ1v) is 12.0. The maximum absolute atomic E-state index is 13.3. The molecule has 0 saturated heterocycles. The van der Waals surface area contributed by atoms with E-state index in [4.69, 9.17) is 5.26 Å². The molecule has 4 saturated carbocycles. The quantitative estimate of drug-likeness (QED) is 0.805. The van der Waals surface area contributed by atoms with E-state index in [9.17, 15) is 9.90 Å². The van der Waals surface area contributed by atoms with E-state index in [1.807, 2.05) is 6.92 Å². The normalized spacial score (nSPS) is 45.1. The average Bonchev–Trinajstić information content (AvgIpc) is 3.30. The van der Waals surface area contributed by atoms with E-state index in [1.54, 1.807) is 10.9 Å².